The molecule has 0 bridgehead atoms. The number of fused-ring (bicyclic) bond motifs is 9. The molecular weight excluding hydrogens is 629 g/mol. The summed E-state index contributed by atoms with van der Waals surface area (Å²) in [5.41, 5.74) is 9.08. The highest BCUT2D eigenvalue weighted by Crippen LogP contribution is 2.41. The molecule has 4 heterocycles. The average Bonchev–Trinajstić information content (AvgIpc) is 3.86. The normalized spacial score (nSPS) is 11.9. The number of furan rings is 2. The van der Waals surface area contributed by atoms with Crippen molar-refractivity contribution in [1.82, 2.24) is 19.5 Å². The second kappa shape index (κ2) is 10.7. The molecule has 0 saturated heterocycles. The summed E-state index contributed by atoms with van der Waals surface area (Å²) in [7, 11) is 0. The molecule has 0 unspecified atom stereocenters. The maximum Gasteiger partial charge on any atom is 0.167 e. The summed E-state index contributed by atoms with van der Waals surface area (Å²) in [4.78, 5) is 15.3. The van der Waals surface area contributed by atoms with Crippen LogP contribution in [-0.4, -0.2) is 19.5 Å². The lowest BCUT2D eigenvalue weighted by molar-refractivity contribution is 0.668. The van der Waals surface area contributed by atoms with Crippen LogP contribution >= 0.6 is 0 Å². The lowest BCUT2D eigenvalue weighted by Crippen LogP contribution is -2.00. The van der Waals surface area contributed by atoms with Crippen molar-refractivity contribution in [2.75, 3.05) is 0 Å². The second-order valence-corrected chi connectivity index (χ2v) is 12.8. The molecule has 0 aliphatic heterocycles. The van der Waals surface area contributed by atoms with E-state index in [1.807, 2.05) is 72.8 Å². The minimum Gasteiger partial charge on any atom is -0.456 e. The smallest absolute Gasteiger partial charge is 0.167 e. The molecule has 0 spiro atoms. The molecule has 11 aromatic rings. The largest absolute Gasteiger partial charge is 0.456 e. The Balaban J connectivity index is 1.17. The zero-order valence-electron chi connectivity index (χ0n) is 27.1. The molecule has 0 N–H and O–H groups in total. The third kappa shape index (κ3) is 4.20. The monoisotopic (exact) mass is 654 g/mol. The molecule has 11 rings (SSSR count). The predicted molar refractivity (Wildman–Crippen MR) is 205 cm³/mol. The van der Waals surface area contributed by atoms with E-state index in [4.69, 9.17) is 23.8 Å². The van der Waals surface area contributed by atoms with Crippen molar-refractivity contribution in [2.45, 2.75) is 0 Å². The quantitative estimate of drug-likeness (QED) is 0.189. The highest BCUT2D eigenvalue weighted by molar-refractivity contribution is 6.18. The fourth-order valence-electron chi connectivity index (χ4n) is 7.59. The standard InChI is InChI=1S/C45H26N4O2/c1-3-13-27(14-4-1)43-46-44(32-20-12-24-39-41(32)31-18-8-10-23-38(31)50-39)48-45(47-43)33-21-11-19-30-35-25-34-29-17-7-9-22-36(29)49(28-15-5-2-6-16-28)37(34)26-40(35)51-42(30)33/h1-26H. The van der Waals surface area contributed by atoms with E-state index in [9.17, 15) is 0 Å². The third-order valence-electron chi connectivity index (χ3n) is 9.86. The Morgan fingerprint density at radius 2 is 1.04 bits per heavy atom. The van der Waals surface area contributed by atoms with Crippen LogP contribution in [0, 0.1) is 0 Å². The average molecular weight is 655 g/mol. The first-order valence-corrected chi connectivity index (χ1v) is 16.9. The zero-order valence-corrected chi connectivity index (χ0v) is 27.1. The second-order valence-electron chi connectivity index (χ2n) is 12.8. The number of benzene rings is 7. The van der Waals surface area contributed by atoms with Crippen molar-refractivity contribution >= 4 is 65.7 Å². The number of nitrogens with zero attached hydrogens (tertiary/aromatic N) is 4. The molecule has 0 fully saturated rings. The summed E-state index contributed by atoms with van der Waals surface area (Å²) in [5, 5.41) is 6.41. The minimum atomic E-state index is 0.539. The molecule has 0 aliphatic rings. The van der Waals surface area contributed by atoms with Gasteiger partial charge in [-0.15, -0.1) is 0 Å². The van der Waals surface area contributed by atoms with E-state index in [0.717, 1.165) is 77.3 Å². The van der Waals surface area contributed by atoms with Crippen LogP contribution in [0.1, 0.15) is 0 Å². The first-order chi connectivity index (χ1) is 25.3. The lowest BCUT2D eigenvalue weighted by Gasteiger charge is -2.09. The molecule has 6 nitrogen and oxygen atoms in total. The molecule has 0 atom stereocenters. The molecule has 4 aromatic heterocycles. The van der Waals surface area contributed by atoms with Gasteiger partial charge < -0.3 is 13.4 Å². The number of hydrogen-bond donors (Lipinski definition) is 0. The van der Waals surface area contributed by atoms with Gasteiger partial charge in [0.25, 0.3) is 0 Å². The molecule has 0 aliphatic carbocycles. The van der Waals surface area contributed by atoms with Gasteiger partial charge in [-0.25, -0.2) is 15.0 Å². The maximum absolute atomic E-state index is 6.81. The molecule has 7 aromatic carbocycles. The molecule has 238 valence electrons. The predicted octanol–water partition coefficient (Wildman–Crippen LogP) is 11.8. The molecule has 0 radical (unpaired) electrons. The van der Waals surface area contributed by atoms with Gasteiger partial charge in [-0.3, -0.25) is 0 Å². The van der Waals surface area contributed by atoms with Gasteiger partial charge in [0.15, 0.2) is 17.5 Å². The highest BCUT2D eigenvalue weighted by atomic mass is 16.3. The Labute approximate surface area is 290 Å². The first kappa shape index (κ1) is 27.9. The van der Waals surface area contributed by atoms with Crippen molar-refractivity contribution in [1.29, 1.82) is 0 Å². The van der Waals surface area contributed by atoms with E-state index < -0.39 is 0 Å². The van der Waals surface area contributed by atoms with Gasteiger partial charge in [-0.2, -0.15) is 0 Å². The summed E-state index contributed by atoms with van der Waals surface area (Å²) < 4.78 is 15.4. The fraction of sp³-hybridized carbons (Fsp3) is 0. The molecule has 51 heavy (non-hydrogen) atoms. The van der Waals surface area contributed by atoms with Crippen molar-refractivity contribution in [3.63, 3.8) is 0 Å². The van der Waals surface area contributed by atoms with E-state index >= 15 is 0 Å². The third-order valence-corrected chi connectivity index (χ3v) is 9.86. The van der Waals surface area contributed by atoms with Crippen LogP contribution in [0.2, 0.25) is 0 Å². The summed E-state index contributed by atoms with van der Waals surface area (Å²) in [6, 6.07) is 53.8. The Hall–Kier alpha value is -7.05. The van der Waals surface area contributed by atoms with Gasteiger partial charge in [0.2, 0.25) is 0 Å². The van der Waals surface area contributed by atoms with Gasteiger partial charge in [-0.05, 0) is 42.5 Å². The fourth-order valence-corrected chi connectivity index (χ4v) is 7.59. The Morgan fingerprint density at radius 1 is 0.392 bits per heavy atom. The van der Waals surface area contributed by atoms with E-state index in [1.54, 1.807) is 0 Å². The first-order valence-electron chi connectivity index (χ1n) is 16.9. The SMILES string of the molecule is c1ccc(-c2nc(-c3cccc4c3oc3cc5c(cc34)c3ccccc3n5-c3ccccc3)nc(-c3cccc4oc5ccccc5c34)n2)cc1. The van der Waals surface area contributed by atoms with Crippen LogP contribution in [0.3, 0.4) is 0 Å². The van der Waals surface area contributed by atoms with Crippen molar-refractivity contribution < 1.29 is 8.83 Å². The maximum atomic E-state index is 6.81. The van der Waals surface area contributed by atoms with Gasteiger partial charge >= 0.3 is 0 Å². The molecule has 0 amide bonds. The van der Waals surface area contributed by atoms with Crippen LogP contribution in [0.5, 0.6) is 0 Å². The van der Waals surface area contributed by atoms with Crippen molar-refractivity contribution in [3.05, 3.63) is 158 Å². The van der Waals surface area contributed by atoms with Crippen molar-refractivity contribution in [3.8, 4) is 39.9 Å². The minimum absolute atomic E-state index is 0.539. The Bertz CT molecular complexity index is 3140. The molecule has 0 saturated carbocycles. The van der Waals surface area contributed by atoms with E-state index in [2.05, 4.69) is 89.5 Å². The number of rotatable bonds is 4. The highest BCUT2D eigenvalue weighted by Gasteiger charge is 2.21. The zero-order chi connectivity index (χ0) is 33.5. The van der Waals surface area contributed by atoms with Gasteiger partial charge in [0.05, 0.1) is 16.6 Å². The van der Waals surface area contributed by atoms with E-state index in [1.165, 1.54) is 10.8 Å². The summed E-state index contributed by atoms with van der Waals surface area (Å²) in [6.45, 7) is 0. The lowest BCUT2D eigenvalue weighted by atomic mass is 10.0. The Kier molecular flexibility index (Phi) is 5.86. The molecule has 6 heteroatoms. The number of aromatic nitrogens is 4. The molecular formula is C45H26N4O2. The topological polar surface area (TPSA) is 69.9 Å². The van der Waals surface area contributed by atoms with E-state index in [0.29, 0.717) is 17.5 Å². The summed E-state index contributed by atoms with van der Waals surface area (Å²) >= 11 is 0. The number of hydrogen-bond acceptors (Lipinski definition) is 5. The Morgan fingerprint density at radius 3 is 1.90 bits per heavy atom. The summed E-state index contributed by atoms with van der Waals surface area (Å²) in [6.07, 6.45) is 0. The van der Waals surface area contributed by atoms with Gasteiger partial charge in [-0.1, -0.05) is 109 Å². The summed E-state index contributed by atoms with van der Waals surface area (Å²) in [5.74, 6) is 1.69. The van der Waals surface area contributed by atoms with E-state index in [-0.39, 0.29) is 0 Å². The van der Waals surface area contributed by atoms with Crippen LogP contribution in [0.25, 0.3) is 106 Å². The van der Waals surface area contributed by atoms with Crippen LogP contribution in [0.4, 0.5) is 0 Å². The van der Waals surface area contributed by atoms with Gasteiger partial charge in [0.1, 0.15) is 22.3 Å². The van der Waals surface area contributed by atoms with Crippen molar-refractivity contribution in [2.24, 2.45) is 0 Å². The van der Waals surface area contributed by atoms with Gasteiger partial charge in [0, 0.05) is 55.2 Å². The van der Waals surface area contributed by atoms with Crippen LogP contribution < -0.4 is 0 Å². The number of para-hydroxylation sites is 4. The van der Waals surface area contributed by atoms with Crippen LogP contribution in [0.15, 0.2) is 167 Å². The van der Waals surface area contributed by atoms with Crippen LogP contribution in [-0.2, 0) is 0 Å².